The maximum Gasteiger partial charge on any atom is 0.418 e. The van der Waals surface area contributed by atoms with Gasteiger partial charge in [0.05, 0.1) is 23.0 Å². The van der Waals surface area contributed by atoms with Gasteiger partial charge in [-0.05, 0) is 31.5 Å². The van der Waals surface area contributed by atoms with E-state index in [-0.39, 0.29) is 29.9 Å². The molecule has 0 radical (unpaired) electrons. The average Bonchev–Trinajstić information content (AvgIpc) is 2.70. The molecule has 29 heavy (non-hydrogen) atoms. The molecule has 4 nitrogen and oxygen atoms in total. The lowest BCUT2D eigenvalue weighted by Crippen LogP contribution is -2.41. The van der Waals surface area contributed by atoms with Crippen LogP contribution in [0.25, 0.3) is 0 Å². The summed E-state index contributed by atoms with van der Waals surface area (Å²) in [5.41, 5.74) is -0.156. The Kier molecular flexibility index (Phi) is 8.13. The highest BCUT2D eigenvalue weighted by Gasteiger charge is 2.33. The van der Waals surface area contributed by atoms with Crippen LogP contribution >= 0.6 is 11.8 Å². The van der Waals surface area contributed by atoms with Gasteiger partial charge in [0.2, 0.25) is 11.8 Å². The second-order valence-electron chi connectivity index (χ2n) is 6.38. The smallest absolute Gasteiger partial charge is 0.333 e. The number of carbonyl (C=O) groups is 2. The van der Waals surface area contributed by atoms with Crippen molar-refractivity contribution in [2.75, 3.05) is 18.4 Å². The van der Waals surface area contributed by atoms with Gasteiger partial charge in [-0.15, -0.1) is 11.8 Å². The van der Waals surface area contributed by atoms with E-state index in [0.717, 1.165) is 11.6 Å². The molecule has 0 aliphatic heterocycles. The van der Waals surface area contributed by atoms with Crippen LogP contribution in [-0.2, 0) is 21.5 Å². The Morgan fingerprint density at radius 3 is 2.31 bits per heavy atom. The normalized spacial score (nSPS) is 12.3. The summed E-state index contributed by atoms with van der Waals surface area (Å²) in [6.07, 6.45) is -4.58. The van der Waals surface area contributed by atoms with Crippen LogP contribution in [0.5, 0.6) is 0 Å². The molecule has 0 unspecified atom stereocenters. The predicted octanol–water partition coefficient (Wildman–Crippen LogP) is 4.81. The molecule has 0 fully saturated rings. The van der Waals surface area contributed by atoms with Gasteiger partial charge < -0.3 is 10.2 Å². The maximum absolute atomic E-state index is 13.1. The zero-order valence-corrected chi connectivity index (χ0v) is 17.0. The number of hydrogen-bond acceptors (Lipinski definition) is 3. The van der Waals surface area contributed by atoms with E-state index in [2.05, 4.69) is 5.32 Å². The lowest BCUT2D eigenvalue weighted by atomic mass is 10.1. The molecular formula is C21H23F3N2O2S. The summed E-state index contributed by atoms with van der Waals surface area (Å²) in [6, 6.07) is 14.4. The molecule has 0 bridgehead atoms. The Hall–Kier alpha value is -2.48. The van der Waals surface area contributed by atoms with E-state index in [4.69, 9.17) is 0 Å². The lowest BCUT2D eigenvalue weighted by Gasteiger charge is -2.24. The minimum Gasteiger partial charge on any atom is -0.333 e. The highest BCUT2D eigenvalue weighted by atomic mass is 32.2. The fourth-order valence-electron chi connectivity index (χ4n) is 2.67. The number of alkyl halides is 3. The summed E-state index contributed by atoms with van der Waals surface area (Å²) in [5.74, 6) is -0.249. The van der Waals surface area contributed by atoms with Crippen LogP contribution in [0, 0.1) is 0 Å². The molecule has 1 atom stereocenters. The molecule has 0 saturated heterocycles. The van der Waals surface area contributed by atoms with Crippen LogP contribution in [0.1, 0.15) is 25.0 Å². The second kappa shape index (κ2) is 10.3. The Balaban J connectivity index is 1.96. The van der Waals surface area contributed by atoms with Gasteiger partial charge in [-0.3, -0.25) is 9.59 Å². The van der Waals surface area contributed by atoms with Crippen LogP contribution in [-0.4, -0.2) is 35.1 Å². The van der Waals surface area contributed by atoms with Crippen molar-refractivity contribution in [3.05, 3.63) is 65.7 Å². The summed E-state index contributed by atoms with van der Waals surface area (Å²) >= 11 is 1.45. The van der Waals surface area contributed by atoms with Gasteiger partial charge >= 0.3 is 6.18 Å². The largest absolute Gasteiger partial charge is 0.418 e. The van der Waals surface area contributed by atoms with E-state index in [9.17, 15) is 22.8 Å². The molecule has 156 valence electrons. The first-order chi connectivity index (χ1) is 13.7. The van der Waals surface area contributed by atoms with Crippen LogP contribution in [0.15, 0.2) is 54.6 Å². The number of rotatable bonds is 8. The van der Waals surface area contributed by atoms with Crippen molar-refractivity contribution < 1.29 is 22.8 Å². The molecule has 0 heterocycles. The van der Waals surface area contributed by atoms with E-state index in [1.165, 1.54) is 34.9 Å². The first-order valence-electron chi connectivity index (χ1n) is 9.12. The number of para-hydroxylation sites is 1. The summed E-state index contributed by atoms with van der Waals surface area (Å²) in [6.45, 7) is 3.46. The summed E-state index contributed by atoms with van der Waals surface area (Å²) in [7, 11) is 0. The molecule has 8 heteroatoms. The van der Waals surface area contributed by atoms with Crippen molar-refractivity contribution in [1.82, 2.24) is 4.90 Å². The molecule has 2 rings (SSSR count). The van der Waals surface area contributed by atoms with E-state index < -0.39 is 17.6 Å². The number of halogens is 3. The highest BCUT2D eigenvalue weighted by molar-refractivity contribution is 7.99. The lowest BCUT2D eigenvalue weighted by molar-refractivity contribution is -0.137. The fourth-order valence-corrected chi connectivity index (χ4v) is 3.60. The van der Waals surface area contributed by atoms with Gasteiger partial charge in [0.1, 0.15) is 0 Å². The van der Waals surface area contributed by atoms with Crippen molar-refractivity contribution in [3.63, 3.8) is 0 Å². The highest BCUT2D eigenvalue weighted by Crippen LogP contribution is 2.34. The monoisotopic (exact) mass is 424 g/mol. The minimum atomic E-state index is -4.58. The maximum atomic E-state index is 13.1. The van der Waals surface area contributed by atoms with Crippen LogP contribution < -0.4 is 5.32 Å². The minimum absolute atomic E-state index is 0.229. The molecule has 2 aromatic rings. The number of nitrogens with one attached hydrogen (secondary N) is 1. The predicted molar refractivity (Wildman–Crippen MR) is 110 cm³/mol. The van der Waals surface area contributed by atoms with E-state index >= 15 is 0 Å². The number of likely N-dealkylation sites (N-methyl/N-ethyl adjacent to an activating group) is 1. The second-order valence-corrected chi connectivity index (χ2v) is 7.71. The third kappa shape index (κ3) is 6.81. The number of benzene rings is 2. The molecule has 0 aliphatic rings. The fraction of sp³-hybridized carbons (Fsp3) is 0.333. The van der Waals surface area contributed by atoms with Gasteiger partial charge in [-0.25, -0.2) is 0 Å². The van der Waals surface area contributed by atoms with Gasteiger partial charge in [-0.1, -0.05) is 42.5 Å². The Morgan fingerprint density at radius 1 is 1.07 bits per heavy atom. The summed E-state index contributed by atoms with van der Waals surface area (Å²) in [5, 5.41) is 1.89. The Morgan fingerprint density at radius 2 is 1.69 bits per heavy atom. The zero-order valence-electron chi connectivity index (χ0n) is 16.2. The standard InChI is InChI=1S/C21H23F3N2O2S/c1-3-26(20(28)15(2)29-14-16-9-5-4-6-10-16)13-19(27)25-18-12-8-7-11-17(18)21(22,23)24/h4-12,15H,3,13-14H2,1-2H3,(H,25,27)/t15-/m0/s1. The van der Waals surface area contributed by atoms with Crippen molar-refractivity contribution in [1.29, 1.82) is 0 Å². The third-order valence-corrected chi connectivity index (χ3v) is 5.43. The average molecular weight is 424 g/mol. The summed E-state index contributed by atoms with van der Waals surface area (Å²) in [4.78, 5) is 26.3. The van der Waals surface area contributed by atoms with Gasteiger partial charge in [0.15, 0.2) is 0 Å². The van der Waals surface area contributed by atoms with Crippen molar-refractivity contribution in [2.24, 2.45) is 0 Å². The number of carbonyl (C=O) groups excluding carboxylic acids is 2. The number of amides is 2. The van der Waals surface area contributed by atoms with E-state index in [1.807, 2.05) is 30.3 Å². The molecule has 1 N–H and O–H groups in total. The van der Waals surface area contributed by atoms with E-state index in [0.29, 0.717) is 5.75 Å². The van der Waals surface area contributed by atoms with Gasteiger partial charge in [0, 0.05) is 12.3 Å². The van der Waals surface area contributed by atoms with Gasteiger partial charge in [-0.2, -0.15) is 13.2 Å². The number of hydrogen-bond donors (Lipinski definition) is 1. The van der Waals surface area contributed by atoms with Crippen molar-refractivity contribution >= 4 is 29.3 Å². The SMILES string of the molecule is CCN(CC(=O)Nc1ccccc1C(F)(F)F)C(=O)[C@H](C)SCc1ccccc1. The Labute approximate surface area is 172 Å². The number of anilines is 1. The number of nitrogens with zero attached hydrogens (tertiary/aromatic N) is 1. The number of thioether (sulfide) groups is 1. The van der Waals surface area contributed by atoms with E-state index in [1.54, 1.807) is 13.8 Å². The zero-order chi connectivity index (χ0) is 21.4. The quantitative estimate of drug-likeness (QED) is 0.661. The molecule has 2 aromatic carbocycles. The topological polar surface area (TPSA) is 49.4 Å². The summed E-state index contributed by atoms with van der Waals surface area (Å²) < 4.78 is 39.2. The molecular weight excluding hydrogens is 401 g/mol. The van der Waals surface area contributed by atoms with Crippen molar-refractivity contribution in [3.8, 4) is 0 Å². The van der Waals surface area contributed by atoms with Crippen molar-refractivity contribution in [2.45, 2.75) is 31.0 Å². The first-order valence-corrected chi connectivity index (χ1v) is 10.2. The Bertz CT molecular complexity index is 828. The van der Waals surface area contributed by atoms with Crippen LogP contribution in [0.2, 0.25) is 0 Å². The molecule has 0 saturated carbocycles. The molecule has 0 spiro atoms. The van der Waals surface area contributed by atoms with Crippen LogP contribution in [0.3, 0.4) is 0 Å². The molecule has 0 aliphatic carbocycles. The van der Waals surface area contributed by atoms with Gasteiger partial charge in [0.25, 0.3) is 0 Å². The molecule has 0 aromatic heterocycles. The molecule has 2 amide bonds. The van der Waals surface area contributed by atoms with Crippen LogP contribution in [0.4, 0.5) is 18.9 Å². The first kappa shape index (κ1) is 22.8. The third-order valence-electron chi connectivity index (χ3n) is 4.23.